The Kier molecular flexibility index (Phi) is 5.05. The van der Waals surface area contributed by atoms with E-state index in [0.29, 0.717) is 6.42 Å². The van der Waals surface area contributed by atoms with Gasteiger partial charge in [0.2, 0.25) is 0 Å². The number of carboxylic acid groups (broad SMARTS) is 1. The van der Waals surface area contributed by atoms with Crippen LogP contribution in [-0.4, -0.2) is 49.2 Å². The second-order valence-corrected chi connectivity index (χ2v) is 6.37. The molecule has 1 N–H and O–H groups in total. The first-order valence-electron chi connectivity index (χ1n) is 6.92. The molecule has 4 nitrogen and oxygen atoms in total. The highest BCUT2D eigenvalue weighted by molar-refractivity contribution is 9.10. The summed E-state index contributed by atoms with van der Waals surface area (Å²) in [6.07, 6.45) is 0.566. The van der Waals surface area contributed by atoms with Crippen molar-refractivity contribution in [3.8, 4) is 0 Å². The van der Waals surface area contributed by atoms with Gasteiger partial charge >= 0.3 is 5.97 Å². The van der Waals surface area contributed by atoms with E-state index in [1.54, 1.807) is 6.92 Å². The third-order valence-corrected chi connectivity index (χ3v) is 4.45. The molecule has 1 aromatic carbocycles. The zero-order chi connectivity index (χ0) is 14.7. The molecule has 0 aromatic heterocycles. The fourth-order valence-corrected chi connectivity index (χ4v) is 3.10. The van der Waals surface area contributed by atoms with Gasteiger partial charge in [0.25, 0.3) is 0 Å². The minimum absolute atomic E-state index is 0.351. The van der Waals surface area contributed by atoms with E-state index < -0.39 is 5.97 Å². The first-order valence-corrected chi connectivity index (χ1v) is 7.71. The largest absolute Gasteiger partial charge is 0.481 e. The second-order valence-electron chi connectivity index (χ2n) is 5.52. The highest BCUT2D eigenvalue weighted by Gasteiger charge is 2.17. The van der Waals surface area contributed by atoms with Crippen molar-refractivity contribution in [2.24, 2.45) is 5.92 Å². The summed E-state index contributed by atoms with van der Waals surface area (Å²) in [5.41, 5.74) is 2.26. The number of likely N-dealkylation sites (N-methyl/N-ethyl adjacent to an activating group) is 1. The molecule has 1 saturated heterocycles. The fourth-order valence-electron chi connectivity index (χ4n) is 2.42. The molecule has 0 aliphatic carbocycles. The van der Waals surface area contributed by atoms with E-state index in [0.717, 1.165) is 36.2 Å². The third kappa shape index (κ3) is 3.73. The summed E-state index contributed by atoms with van der Waals surface area (Å²) in [6.45, 7) is 5.94. The molecule has 110 valence electrons. The smallest absolute Gasteiger partial charge is 0.306 e. The van der Waals surface area contributed by atoms with E-state index in [1.807, 2.05) is 12.1 Å². The maximum atomic E-state index is 10.9. The van der Waals surface area contributed by atoms with Gasteiger partial charge in [-0.2, -0.15) is 0 Å². The Morgan fingerprint density at radius 2 is 2.00 bits per heavy atom. The predicted octanol–water partition coefficient (Wildman–Crippen LogP) is 2.46. The van der Waals surface area contributed by atoms with Crippen molar-refractivity contribution in [3.63, 3.8) is 0 Å². The molecule has 1 heterocycles. The summed E-state index contributed by atoms with van der Waals surface area (Å²) in [7, 11) is 2.14. The van der Waals surface area contributed by atoms with Gasteiger partial charge in [0.1, 0.15) is 0 Å². The first kappa shape index (κ1) is 15.3. The zero-order valence-electron chi connectivity index (χ0n) is 12.0. The molecule has 0 spiro atoms. The molecule has 1 aliphatic heterocycles. The summed E-state index contributed by atoms with van der Waals surface area (Å²) in [6, 6.07) is 6.18. The molecule has 2 rings (SSSR count). The van der Waals surface area contributed by atoms with E-state index in [2.05, 4.69) is 38.8 Å². The molecule has 1 aromatic rings. The topological polar surface area (TPSA) is 43.8 Å². The predicted molar refractivity (Wildman–Crippen MR) is 84.4 cm³/mol. The Morgan fingerprint density at radius 1 is 1.35 bits per heavy atom. The molecule has 1 fully saturated rings. The Labute approximate surface area is 128 Å². The fraction of sp³-hybridized carbons (Fsp3) is 0.533. The van der Waals surface area contributed by atoms with Crippen molar-refractivity contribution in [1.82, 2.24) is 4.90 Å². The van der Waals surface area contributed by atoms with Gasteiger partial charge in [-0.3, -0.25) is 4.79 Å². The number of benzene rings is 1. The number of halogens is 1. The maximum absolute atomic E-state index is 10.9. The minimum atomic E-state index is -0.746. The lowest BCUT2D eigenvalue weighted by Gasteiger charge is -2.34. The van der Waals surface area contributed by atoms with Crippen LogP contribution in [-0.2, 0) is 11.2 Å². The number of carboxylic acids is 1. The van der Waals surface area contributed by atoms with E-state index in [9.17, 15) is 4.79 Å². The Balaban J connectivity index is 2.08. The van der Waals surface area contributed by atoms with Crippen molar-refractivity contribution in [2.45, 2.75) is 13.3 Å². The molecular formula is C15H21BrN2O2. The molecule has 0 radical (unpaired) electrons. The molecule has 1 unspecified atom stereocenters. The quantitative estimate of drug-likeness (QED) is 0.914. The van der Waals surface area contributed by atoms with Crippen LogP contribution in [0.5, 0.6) is 0 Å². The molecule has 0 amide bonds. The number of piperazine rings is 1. The third-order valence-electron chi connectivity index (χ3n) is 3.82. The number of anilines is 1. The van der Waals surface area contributed by atoms with Crippen LogP contribution in [0.3, 0.4) is 0 Å². The molecule has 1 aliphatic rings. The number of nitrogens with zero attached hydrogens (tertiary/aromatic N) is 2. The number of hydrogen-bond donors (Lipinski definition) is 1. The van der Waals surface area contributed by atoms with Gasteiger partial charge in [-0.15, -0.1) is 0 Å². The Hall–Kier alpha value is -1.07. The highest BCUT2D eigenvalue weighted by Crippen LogP contribution is 2.29. The monoisotopic (exact) mass is 340 g/mol. The molecule has 1 atom stereocenters. The van der Waals surface area contributed by atoms with E-state index in [4.69, 9.17) is 5.11 Å². The zero-order valence-corrected chi connectivity index (χ0v) is 13.6. The van der Waals surface area contributed by atoms with Crippen LogP contribution >= 0.6 is 15.9 Å². The van der Waals surface area contributed by atoms with Crippen LogP contribution in [0, 0.1) is 5.92 Å². The Morgan fingerprint density at radius 3 is 2.55 bits per heavy atom. The van der Waals surface area contributed by atoms with Gasteiger partial charge in [-0.1, -0.05) is 13.0 Å². The van der Waals surface area contributed by atoms with E-state index >= 15 is 0 Å². The Bertz CT molecular complexity index is 485. The lowest BCUT2D eigenvalue weighted by Crippen LogP contribution is -2.44. The summed E-state index contributed by atoms with van der Waals surface area (Å²) in [5, 5.41) is 8.97. The van der Waals surface area contributed by atoms with Gasteiger partial charge in [0.05, 0.1) is 11.6 Å². The van der Waals surface area contributed by atoms with Crippen LogP contribution in [0.1, 0.15) is 12.5 Å². The van der Waals surface area contributed by atoms with Crippen LogP contribution in [0.15, 0.2) is 22.7 Å². The second kappa shape index (κ2) is 6.59. The standard InChI is InChI=1S/C15H21BrN2O2/c1-11(15(19)20)9-12-3-4-14(13(16)10-12)18-7-5-17(2)6-8-18/h3-4,10-11H,5-9H2,1-2H3,(H,19,20). The molecule has 0 bridgehead atoms. The molecule has 0 saturated carbocycles. The van der Waals surface area contributed by atoms with Crippen molar-refractivity contribution >= 4 is 27.6 Å². The lowest BCUT2D eigenvalue weighted by atomic mass is 10.0. The van der Waals surface area contributed by atoms with Crippen molar-refractivity contribution in [1.29, 1.82) is 0 Å². The van der Waals surface area contributed by atoms with Crippen LogP contribution in [0.4, 0.5) is 5.69 Å². The van der Waals surface area contributed by atoms with Crippen molar-refractivity contribution < 1.29 is 9.90 Å². The van der Waals surface area contributed by atoms with Crippen molar-refractivity contribution in [3.05, 3.63) is 28.2 Å². The van der Waals surface area contributed by atoms with Gasteiger partial charge in [0, 0.05) is 30.7 Å². The molecular weight excluding hydrogens is 320 g/mol. The number of carbonyl (C=O) groups is 1. The molecule has 5 heteroatoms. The SMILES string of the molecule is CC(Cc1ccc(N2CCN(C)CC2)c(Br)c1)C(=O)O. The summed E-state index contributed by atoms with van der Waals surface area (Å²) >= 11 is 3.62. The van der Waals surface area contributed by atoms with Gasteiger partial charge in [-0.05, 0) is 47.1 Å². The summed E-state index contributed by atoms with van der Waals surface area (Å²) in [4.78, 5) is 15.6. The number of hydrogen-bond acceptors (Lipinski definition) is 3. The first-order chi connectivity index (χ1) is 9.47. The number of aliphatic carboxylic acids is 1. The summed E-state index contributed by atoms with van der Waals surface area (Å²) in [5.74, 6) is -1.10. The molecule has 20 heavy (non-hydrogen) atoms. The van der Waals surface area contributed by atoms with Gasteiger partial charge in [0.15, 0.2) is 0 Å². The number of rotatable bonds is 4. The van der Waals surface area contributed by atoms with Gasteiger partial charge < -0.3 is 14.9 Å². The van der Waals surface area contributed by atoms with Crippen LogP contribution < -0.4 is 4.90 Å². The lowest BCUT2D eigenvalue weighted by molar-refractivity contribution is -0.141. The maximum Gasteiger partial charge on any atom is 0.306 e. The summed E-state index contributed by atoms with van der Waals surface area (Å²) < 4.78 is 1.05. The average molecular weight is 341 g/mol. The van der Waals surface area contributed by atoms with Crippen LogP contribution in [0.25, 0.3) is 0 Å². The van der Waals surface area contributed by atoms with Crippen LogP contribution in [0.2, 0.25) is 0 Å². The van der Waals surface area contributed by atoms with Crippen molar-refractivity contribution in [2.75, 3.05) is 38.1 Å². The normalized spacial score (nSPS) is 18.1. The van der Waals surface area contributed by atoms with E-state index in [-0.39, 0.29) is 5.92 Å². The van der Waals surface area contributed by atoms with Gasteiger partial charge in [-0.25, -0.2) is 0 Å². The van der Waals surface area contributed by atoms with E-state index in [1.165, 1.54) is 5.69 Å². The average Bonchev–Trinajstić information content (AvgIpc) is 2.40. The highest BCUT2D eigenvalue weighted by atomic mass is 79.9. The minimum Gasteiger partial charge on any atom is -0.481 e.